The van der Waals surface area contributed by atoms with Crippen molar-refractivity contribution in [3.63, 3.8) is 0 Å². The van der Waals surface area contributed by atoms with Gasteiger partial charge in [0.1, 0.15) is 5.75 Å². The molecule has 0 spiro atoms. The normalized spacial score (nSPS) is 19.7. The summed E-state index contributed by atoms with van der Waals surface area (Å²) >= 11 is 0. The lowest BCUT2D eigenvalue weighted by Gasteiger charge is -2.30. The lowest BCUT2D eigenvalue weighted by Crippen LogP contribution is -2.42. The number of nitrogens with zero attached hydrogens (tertiary/aromatic N) is 2. The van der Waals surface area contributed by atoms with E-state index in [1.807, 2.05) is 25.1 Å². The number of likely N-dealkylation sites (tertiary alicyclic amines) is 1. The van der Waals surface area contributed by atoms with Crippen LogP contribution in [0.25, 0.3) is 0 Å². The summed E-state index contributed by atoms with van der Waals surface area (Å²) in [5.41, 5.74) is 7.32. The fourth-order valence-corrected chi connectivity index (χ4v) is 4.03. The molecule has 3 rings (SSSR count). The molecule has 33 heavy (non-hydrogen) atoms. The topological polar surface area (TPSA) is 133 Å². The van der Waals surface area contributed by atoms with E-state index < -0.39 is 11.9 Å². The molecule has 0 aliphatic carbocycles. The predicted molar refractivity (Wildman–Crippen MR) is 127 cm³/mol. The minimum atomic E-state index is -0.833. The third-order valence-electron chi connectivity index (χ3n) is 5.56. The van der Waals surface area contributed by atoms with E-state index in [1.165, 1.54) is 19.3 Å². The second-order valence-corrected chi connectivity index (χ2v) is 8.61. The molecule has 2 aliphatic heterocycles. The van der Waals surface area contributed by atoms with Gasteiger partial charge in [0, 0.05) is 45.1 Å². The zero-order chi connectivity index (χ0) is 25.0. The highest BCUT2D eigenvalue weighted by Crippen LogP contribution is 2.27. The number of nitrogens with two attached hydrogens (primary N) is 1. The summed E-state index contributed by atoms with van der Waals surface area (Å²) in [4.78, 5) is 35.6. The third-order valence-corrected chi connectivity index (χ3v) is 5.56. The largest absolute Gasteiger partial charge is 0.493 e. The Morgan fingerprint density at radius 3 is 2.33 bits per heavy atom. The number of carbonyl (C=O) groups excluding carboxylic acids is 1. The summed E-state index contributed by atoms with van der Waals surface area (Å²) in [6.07, 6.45) is 4.52. The number of aliphatic carboxylic acids is 2. The lowest BCUT2D eigenvalue weighted by molar-refractivity contribution is -0.135. The number of amides is 1. The van der Waals surface area contributed by atoms with Crippen LogP contribution in [-0.2, 0) is 9.59 Å². The molecule has 9 heteroatoms. The van der Waals surface area contributed by atoms with Gasteiger partial charge in [0.25, 0.3) is 17.8 Å². The van der Waals surface area contributed by atoms with Gasteiger partial charge in [0.15, 0.2) is 0 Å². The molecule has 2 saturated heterocycles. The van der Waals surface area contributed by atoms with Crippen molar-refractivity contribution in [2.75, 3.05) is 39.8 Å². The average Bonchev–Trinajstić information content (AvgIpc) is 2.96. The maximum absolute atomic E-state index is 13.1. The third kappa shape index (κ3) is 10.7. The number of carboxylic acids is 2. The fraction of sp³-hybridized carbons (Fsp3) is 0.625. The molecule has 2 atom stereocenters. The zero-order valence-corrected chi connectivity index (χ0v) is 20.2. The van der Waals surface area contributed by atoms with E-state index in [-0.39, 0.29) is 5.91 Å². The number of fused-ring (bicyclic) bond motifs is 3. The summed E-state index contributed by atoms with van der Waals surface area (Å²) < 4.78 is 5.81. The van der Waals surface area contributed by atoms with Crippen LogP contribution in [0.2, 0.25) is 0 Å². The van der Waals surface area contributed by atoms with Crippen LogP contribution in [0.4, 0.5) is 0 Å². The van der Waals surface area contributed by atoms with E-state index in [9.17, 15) is 4.79 Å². The number of aryl methyl sites for hydroxylation is 1. The fourth-order valence-electron chi connectivity index (χ4n) is 4.03. The first-order valence-electron chi connectivity index (χ1n) is 11.4. The van der Waals surface area contributed by atoms with Gasteiger partial charge in [0.2, 0.25) is 0 Å². The minimum absolute atomic E-state index is 0.135. The van der Waals surface area contributed by atoms with Gasteiger partial charge in [-0.2, -0.15) is 0 Å². The maximum Gasteiger partial charge on any atom is 0.300 e. The van der Waals surface area contributed by atoms with E-state index in [0.717, 1.165) is 56.8 Å². The van der Waals surface area contributed by atoms with Crippen molar-refractivity contribution in [3.05, 3.63) is 29.3 Å². The summed E-state index contributed by atoms with van der Waals surface area (Å²) in [6.45, 7) is 8.20. The first-order chi connectivity index (χ1) is 15.5. The molecular formula is C24H39N3O6. The van der Waals surface area contributed by atoms with Crippen molar-refractivity contribution in [2.45, 2.75) is 52.5 Å². The monoisotopic (exact) mass is 465 g/mol. The molecule has 186 valence electrons. The molecular weight excluding hydrogens is 426 g/mol. The van der Waals surface area contributed by atoms with Crippen LogP contribution in [0.15, 0.2) is 18.2 Å². The smallest absolute Gasteiger partial charge is 0.300 e. The number of hydrogen-bond acceptors (Lipinski definition) is 6. The molecule has 2 aliphatic rings. The number of carboxylic acid groups (broad SMARTS) is 2. The number of hydrogen-bond donors (Lipinski definition) is 3. The Balaban J connectivity index is 0.000000591. The molecule has 2 heterocycles. The molecule has 1 aromatic carbocycles. The van der Waals surface area contributed by atoms with E-state index in [0.29, 0.717) is 25.1 Å². The van der Waals surface area contributed by atoms with Gasteiger partial charge in [-0.3, -0.25) is 14.4 Å². The summed E-state index contributed by atoms with van der Waals surface area (Å²) in [5.74, 6) is -0.144. The molecule has 9 nitrogen and oxygen atoms in total. The molecule has 2 fully saturated rings. The molecule has 4 N–H and O–H groups in total. The first kappa shape index (κ1) is 28.4. The Labute approximate surface area is 196 Å². The van der Waals surface area contributed by atoms with E-state index in [2.05, 4.69) is 16.8 Å². The molecule has 0 saturated carbocycles. The van der Waals surface area contributed by atoms with E-state index in [4.69, 9.17) is 30.3 Å². The van der Waals surface area contributed by atoms with Crippen LogP contribution in [0, 0.1) is 12.8 Å². The Morgan fingerprint density at radius 2 is 1.73 bits per heavy atom. The van der Waals surface area contributed by atoms with Gasteiger partial charge in [-0.15, -0.1) is 0 Å². The van der Waals surface area contributed by atoms with Gasteiger partial charge in [0.05, 0.1) is 6.61 Å². The lowest BCUT2D eigenvalue weighted by atomic mass is 9.99. The highest BCUT2D eigenvalue weighted by atomic mass is 16.5. The average molecular weight is 466 g/mol. The Kier molecular flexibility index (Phi) is 12.5. The molecule has 0 radical (unpaired) electrons. The summed E-state index contributed by atoms with van der Waals surface area (Å²) in [7, 11) is 2.20. The van der Waals surface area contributed by atoms with Crippen molar-refractivity contribution < 1.29 is 29.3 Å². The molecule has 2 bridgehead atoms. The van der Waals surface area contributed by atoms with Crippen LogP contribution in [0.3, 0.4) is 0 Å². The Morgan fingerprint density at radius 1 is 1.09 bits per heavy atom. The number of ether oxygens (including phenoxy) is 1. The molecule has 1 aromatic rings. The van der Waals surface area contributed by atoms with Crippen molar-refractivity contribution >= 4 is 17.8 Å². The summed E-state index contributed by atoms with van der Waals surface area (Å²) in [6, 6.07) is 6.30. The Hall–Kier alpha value is -2.65. The quantitative estimate of drug-likeness (QED) is 0.565. The maximum atomic E-state index is 13.1. The number of carbonyl (C=O) groups is 3. The standard InChI is InChI=1S/C20H31N3O2.2C2H4O2/c1-15-7-8-17(11-19(15)25-10-4-9-21)20(24)23-13-16-5-3-6-18(14-23)22(2)12-16;2*1-2(3)4/h7-8,11,16,18H,3-6,9-10,12-14,21H2,1-2H3;2*1H3,(H,3,4)/t16-,18-;;/m0../s1. The molecule has 0 aromatic heterocycles. The van der Waals surface area contributed by atoms with Gasteiger partial charge < -0.3 is 30.5 Å². The SMILES string of the molecule is CC(=O)O.CC(=O)O.Cc1ccc(C(=O)N2C[C@H]3CCC[C@@H](C2)N(C)C3)cc1OCCCN. The van der Waals surface area contributed by atoms with Crippen LogP contribution < -0.4 is 10.5 Å². The van der Waals surface area contributed by atoms with Crippen LogP contribution in [0.1, 0.15) is 55.5 Å². The van der Waals surface area contributed by atoms with Crippen molar-refractivity contribution in [1.82, 2.24) is 9.80 Å². The van der Waals surface area contributed by atoms with Gasteiger partial charge in [-0.25, -0.2) is 0 Å². The number of likely N-dealkylation sites (N-methyl/N-ethyl adjacent to an activating group) is 1. The number of benzene rings is 1. The van der Waals surface area contributed by atoms with Gasteiger partial charge in [-0.05, 0) is 63.4 Å². The van der Waals surface area contributed by atoms with Crippen molar-refractivity contribution in [1.29, 1.82) is 0 Å². The van der Waals surface area contributed by atoms with Gasteiger partial charge in [-0.1, -0.05) is 12.5 Å². The predicted octanol–water partition coefficient (Wildman–Crippen LogP) is 2.46. The minimum Gasteiger partial charge on any atom is -0.493 e. The highest BCUT2D eigenvalue weighted by molar-refractivity contribution is 5.94. The summed E-state index contributed by atoms with van der Waals surface area (Å²) in [5, 5.41) is 14.8. The zero-order valence-electron chi connectivity index (χ0n) is 20.2. The highest BCUT2D eigenvalue weighted by Gasteiger charge is 2.33. The van der Waals surface area contributed by atoms with Gasteiger partial charge >= 0.3 is 0 Å². The van der Waals surface area contributed by atoms with E-state index in [1.54, 1.807) is 0 Å². The molecule has 0 unspecified atom stereocenters. The van der Waals surface area contributed by atoms with Crippen LogP contribution in [-0.4, -0.2) is 83.7 Å². The van der Waals surface area contributed by atoms with Crippen molar-refractivity contribution in [2.24, 2.45) is 11.7 Å². The first-order valence-corrected chi connectivity index (χ1v) is 11.4. The van der Waals surface area contributed by atoms with Crippen molar-refractivity contribution in [3.8, 4) is 5.75 Å². The second-order valence-electron chi connectivity index (χ2n) is 8.61. The second kappa shape index (κ2) is 14.5. The van der Waals surface area contributed by atoms with E-state index >= 15 is 0 Å². The molecule has 1 amide bonds. The van der Waals surface area contributed by atoms with Crippen LogP contribution in [0.5, 0.6) is 5.75 Å². The van der Waals surface area contributed by atoms with Crippen LogP contribution >= 0.6 is 0 Å². The number of rotatable bonds is 5. The Bertz CT molecular complexity index is 765.